The molecule has 0 rings (SSSR count). The molecule has 0 spiro atoms. The van der Waals surface area contributed by atoms with Crippen LogP contribution in [0.15, 0.2) is 0 Å². The third-order valence-corrected chi connectivity index (χ3v) is 1.72. The molecule has 0 aliphatic rings. The molecule has 98 valence electrons. The summed E-state index contributed by atoms with van der Waals surface area (Å²) in [5, 5.41) is 2.61. The number of hydroxylamine groups is 1. The van der Waals surface area contributed by atoms with Gasteiger partial charge >= 0.3 is 0 Å². The molecule has 7 nitrogen and oxygen atoms in total. The zero-order valence-electron chi connectivity index (χ0n) is 10.3. The molecular formula is C10H19N3O4. The van der Waals surface area contributed by atoms with E-state index in [0.717, 1.165) is 0 Å². The Morgan fingerprint density at radius 1 is 1.24 bits per heavy atom. The van der Waals surface area contributed by atoms with Crippen LogP contribution in [-0.2, 0) is 19.2 Å². The van der Waals surface area contributed by atoms with Gasteiger partial charge in [-0.2, -0.15) is 0 Å². The van der Waals surface area contributed by atoms with Crippen LogP contribution in [-0.4, -0.2) is 30.9 Å². The van der Waals surface area contributed by atoms with Crippen molar-refractivity contribution in [3.63, 3.8) is 0 Å². The molecule has 0 saturated carbocycles. The molecule has 0 aliphatic heterocycles. The maximum Gasteiger partial charge on any atom is 0.246 e. The summed E-state index contributed by atoms with van der Waals surface area (Å²) in [7, 11) is 0. The van der Waals surface area contributed by atoms with Crippen LogP contribution in [0.5, 0.6) is 0 Å². The van der Waals surface area contributed by atoms with Crippen LogP contribution in [0.1, 0.15) is 27.2 Å². The molecule has 4 N–H and O–H groups in total. The van der Waals surface area contributed by atoms with E-state index in [2.05, 4.69) is 10.2 Å². The number of amides is 3. The molecule has 0 atom stereocenters. The normalized spacial score (nSPS) is 10.8. The largest absolute Gasteiger partial charge is 0.368 e. The summed E-state index contributed by atoms with van der Waals surface area (Å²) in [6.07, 6.45) is 0.0700. The Hall–Kier alpha value is -1.63. The number of nitrogens with one attached hydrogen (secondary N) is 2. The van der Waals surface area contributed by atoms with E-state index < -0.39 is 17.2 Å². The van der Waals surface area contributed by atoms with Gasteiger partial charge < -0.3 is 11.1 Å². The second kappa shape index (κ2) is 6.85. The number of hydrogen-bond donors (Lipinski definition) is 3. The molecule has 0 aromatic rings. The fourth-order valence-corrected chi connectivity index (χ4v) is 0.793. The van der Waals surface area contributed by atoms with Gasteiger partial charge in [0.1, 0.15) is 0 Å². The van der Waals surface area contributed by atoms with Gasteiger partial charge in [0.05, 0.1) is 0 Å². The van der Waals surface area contributed by atoms with Gasteiger partial charge in [-0.05, 0) is 0 Å². The third-order valence-electron chi connectivity index (χ3n) is 1.72. The minimum absolute atomic E-state index is 0.0700. The van der Waals surface area contributed by atoms with Crippen molar-refractivity contribution in [1.82, 2.24) is 10.8 Å². The summed E-state index contributed by atoms with van der Waals surface area (Å²) in [6, 6.07) is 0. The Morgan fingerprint density at radius 3 is 2.29 bits per heavy atom. The van der Waals surface area contributed by atoms with Crippen LogP contribution < -0.4 is 16.5 Å². The van der Waals surface area contributed by atoms with E-state index in [0.29, 0.717) is 0 Å². The second-order valence-electron chi connectivity index (χ2n) is 4.54. The lowest BCUT2D eigenvalue weighted by Crippen LogP contribution is -2.37. The zero-order chi connectivity index (χ0) is 13.5. The lowest BCUT2D eigenvalue weighted by Gasteiger charge is -2.17. The van der Waals surface area contributed by atoms with Crippen molar-refractivity contribution in [2.75, 3.05) is 13.2 Å². The minimum Gasteiger partial charge on any atom is -0.368 e. The van der Waals surface area contributed by atoms with E-state index in [1.807, 2.05) is 5.48 Å². The van der Waals surface area contributed by atoms with Gasteiger partial charge in [0, 0.05) is 18.4 Å². The Morgan fingerprint density at radius 2 is 1.82 bits per heavy atom. The molecule has 7 heteroatoms. The first-order valence-electron chi connectivity index (χ1n) is 5.20. The summed E-state index contributed by atoms with van der Waals surface area (Å²) in [6.45, 7) is 5.16. The number of carbonyl (C=O) groups is 3. The van der Waals surface area contributed by atoms with Crippen LogP contribution in [0.25, 0.3) is 0 Å². The van der Waals surface area contributed by atoms with E-state index in [-0.39, 0.29) is 25.5 Å². The predicted octanol–water partition coefficient (Wildman–Crippen LogP) is -0.928. The Kier molecular flexibility index (Phi) is 6.19. The van der Waals surface area contributed by atoms with E-state index in [9.17, 15) is 14.4 Å². The molecule has 0 heterocycles. The Labute approximate surface area is 100 Å². The number of rotatable bonds is 6. The molecule has 3 amide bonds. The van der Waals surface area contributed by atoms with Crippen molar-refractivity contribution in [2.45, 2.75) is 27.2 Å². The van der Waals surface area contributed by atoms with Crippen LogP contribution in [0.3, 0.4) is 0 Å². The maximum absolute atomic E-state index is 11.4. The van der Waals surface area contributed by atoms with Gasteiger partial charge in [-0.3, -0.25) is 19.2 Å². The molecule has 0 saturated heterocycles. The summed E-state index contributed by atoms with van der Waals surface area (Å²) in [4.78, 5) is 37.3. The maximum atomic E-state index is 11.4. The molecule has 0 unspecified atom stereocenters. The Balaban J connectivity index is 3.65. The van der Waals surface area contributed by atoms with Gasteiger partial charge in [0.25, 0.3) is 0 Å². The lowest BCUT2D eigenvalue weighted by atomic mass is 9.96. The molecule has 0 radical (unpaired) electrons. The number of primary amides is 1. The fourth-order valence-electron chi connectivity index (χ4n) is 0.793. The molecule has 0 aromatic heterocycles. The fraction of sp³-hybridized carbons (Fsp3) is 0.700. The zero-order valence-corrected chi connectivity index (χ0v) is 10.3. The van der Waals surface area contributed by atoms with Gasteiger partial charge in [-0.1, -0.05) is 20.8 Å². The smallest absolute Gasteiger partial charge is 0.246 e. The van der Waals surface area contributed by atoms with Crippen LogP contribution in [0, 0.1) is 5.41 Å². The molecule has 0 aliphatic carbocycles. The van der Waals surface area contributed by atoms with Gasteiger partial charge in [-0.25, -0.2) is 5.48 Å². The number of carbonyl (C=O) groups excluding carboxylic acids is 3. The van der Waals surface area contributed by atoms with Gasteiger partial charge in [0.2, 0.25) is 17.7 Å². The van der Waals surface area contributed by atoms with E-state index in [1.54, 1.807) is 20.8 Å². The number of nitrogens with two attached hydrogens (primary N) is 1. The van der Waals surface area contributed by atoms with Crippen molar-refractivity contribution >= 4 is 17.7 Å². The highest BCUT2D eigenvalue weighted by Gasteiger charge is 2.20. The third kappa shape index (κ3) is 8.21. The van der Waals surface area contributed by atoms with Crippen molar-refractivity contribution in [3.05, 3.63) is 0 Å². The first kappa shape index (κ1) is 15.4. The average Bonchev–Trinajstić information content (AvgIpc) is 2.15. The molecular weight excluding hydrogens is 226 g/mol. The van der Waals surface area contributed by atoms with Crippen molar-refractivity contribution in [3.8, 4) is 0 Å². The van der Waals surface area contributed by atoms with Crippen LogP contribution >= 0.6 is 0 Å². The lowest BCUT2D eigenvalue weighted by molar-refractivity contribution is -0.137. The first-order valence-corrected chi connectivity index (χ1v) is 5.20. The highest BCUT2D eigenvalue weighted by molar-refractivity contribution is 5.82. The second-order valence-corrected chi connectivity index (χ2v) is 4.54. The highest BCUT2D eigenvalue weighted by atomic mass is 16.7. The van der Waals surface area contributed by atoms with Crippen molar-refractivity contribution < 1.29 is 19.2 Å². The highest BCUT2D eigenvalue weighted by Crippen LogP contribution is 2.11. The molecule has 0 aromatic carbocycles. The minimum atomic E-state index is -0.675. The molecule has 0 bridgehead atoms. The summed E-state index contributed by atoms with van der Waals surface area (Å²) in [5.41, 5.74) is 6.34. The molecule has 0 fully saturated rings. The van der Waals surface area contributed by atoms with Crippen molar-refractivity contribution in [2.24, 2.45) is 11.1 Å². The summed E-state index contributed by atoms with van der Waals surface area (Å²) >= 11 is 0. The van der Waals surface area contributed by atoms with Crippen molar-refractivity contribution in [1.29, 1.82) is 0 Å². The van der Waals surface area contributed by atoms with E-state index >= 15 is 0 Å². The van der Waals surface area contributed by atoms with Gasteiger partial charge in [-0.15, -0.1) is 0 Å². The molecule has 17 heavy (non-hydrogen) atoms. The van der Waals surface area contributed by atoms with E-state index in [4.69, 9.17) is 5.73 Å². The quantitative estimate of drug-likeness (QED) is 0.525. The average molecular weight is 245 g/mol. The summed E-state index contributed by atoms with van der Waals surface area (Å²) in [5.74, 6) is -1.24. The van der Waals surface area contributed by atoms with Crippen LogP contribution in [0.2, 0.25) is 0 Å². The predicted molar refractivity (Wildman–Crippen MR) is 60.4 cm³/mol. The SMILES string of the molecule is CC(C)(C)C(=O)NCCC(=O)NOCC(N)=O. The van der Waals surface area contributed by atoms with Gasteiger partial charge in [0.15, 0.2) is 6.61 Å². The first-order chi connectivity index (χ1) is 7.73. The van der Waals surface area contributed by atoms with E-state index in [1.165, 1.54) is 0 Å². The van der Waals surface area contributed by atoms with Crippen LogP contribution in [0.4, 0.5) is 0 Å². The summed E-state index contributed by atoms with van der Waals surface area (Å²) < 4.78 is 0. The standard InChI is InChI=1S/C10H19N3O4/c1-10(2,3)9(16)12-5-4-8(15)13-17-6-7(11)14/h4-6H2,1-3H3,(H2,11,14)(H,12,16)(H,13,15). The monoisotopic (exact) mass is 245 g/mol. The topological polar surface area (TPSA) is 111 Å². The Bertz CT molecular complexity index is 296. The number of hydrogen-bond acceptors (Lipinski definition) is 4.